The number of hydrogen-bond donors (Lipinski definition) is 1. The van der Waals surface area contributed by atoms with Crippen molar-refractivity contribution in [3.8, 4) is 28.7 Å². The fourth-order valence-electron chi connectivity index (χ4n) is 11.1. The Morgan fingerprint density at radius 3 is 1.74 bits per heavy atom. The third-order valence-corrected chi connectivity index (χ3v) is 18.7. The molecule has 12 heteroatoms. The minimum Gasteiger partial charge on any atom is -0.497 e. The van der Waals surface area contributed by atoms with Crippen molar-refractivity contribution >= 4 is 59.4 Å². The first-order valence-corrected chi connectivity index (χ1v) is 26.0. The van der Waals surface area contributed by atoms with Gasteiger partial charge < -0.3 is 29.0 Å². The zero-order valence-corrected chi connectivity index (χ0v) is 39.1. The molecule has 0 radical (unpaired) electrons. The number of methoxy groups -OCH3 is 1. The van der Waals surface area contributed by atoms with E-state index in [-0.39, 0.29) is 42.3 Å². The molecule has 4 aliphatic rings. The van der Waals surface area contributed by atoms with Crippen LogP contribution in [0, 0.1) is 5.92 Å². The molecule has 1 saturated heterocycles. The first-order valence-electron chi connectivity index (χ1n) is 22.9. The molecule has 4 atom stereocenters. The molecule has 7 aromatic rings. The topological polar surface area (TPSA) is 118 Å². The predicted molar refractivity (Wildman–Crippen MR) is 264 cm³/mol. The summed E-state index contributed by atoms with van der Waals surface area (Å²) in [6.45, 7) is 6.80. The zero-order chi connectivity index (χ0) is 46.9. The van der Waals surface area contributed by atoms with Crippen molar-refractivity contribution in [2.24, 2.45) is 5.92 Å². The van der Waals surface area contributed by atoms with Gasteiger partial charge in [0.25, 0.3) is 17.7 Å². The highest BCUT2D eigenvalue weighted by Gasteiger charge is 2.66. The molecular formula is C56H49N3O8Si. The molecule has 0 bridgehead atoms. The van der Waals surface area contributed by atoms with Gasteiger partial charge in [-0.15, -0.1) is 0 Å². The molecule has 0 aromatic heterocycles. The minimum atomic E-state index is -2.50. The van der Waals surface area contributed by atoms with Crippen LogP contribution in [0.1, 0.15) is 45.2 Å². The van der Waals surface area contributed by atoms with Crippen LogP contribution in [0.15, 0.2) is 164 Å². The summed E-state index contributed by atoms with van der Waals surface area (Å²) in [5.41, 5.74) is 3.80. The molecule has 0 aliphatic carbocycles. The summed E-state index contributed by atoms with van der Waals surface area (Å²) in [6, 6.07) is 50.9. The molecule has 0 saturated carbocycles. The second-order valence-corrected chi connectivity index (χ2v) is 23.0. The van der Waals surface area contributed by atoms with E-state index < -0.39 is 19.8 Å². The van der Waals surface area contributed by atoms with Gasteiger partial charge in [-0.3, -0.25) is 24.2 Å². The van der Waals surface area contributed by atoms with E-state index in [4.69, 9.17) is 18.9 Å². The third-order valence-electron chi connectivity index (χ3n) is 14.3. The third kappa shape index (κ3) is 6.73. The Bertz CT molecular complexity index is 3140. The predicted octanol–water partition coefficient (Wildman–Crippen LogP) is 11.0. The molecule has 4 heterocycles. The standard InChI is InChI=1S/C56H49N3O8Si/c1-35-52(68(3,4)40-28-26-39(64-2)27-29-40)51(31-32-60)67-56(35)43-33-38(59-46-16-8-12-20-50(46)66-48-18-10-6-14-42(48)54(59)62)25-30-44(43)57(55(56)63)34-36-21-23-37(24-22-36)58-45-15-7-11-19-49(45)65-47-17-9-5-13-41(47)53(58)61/h5-30,33,35,51-52,60H,31-32,34H2,1-4H3/t35-,51+,52-,56+/m1/s1. The Balaban J connectivity index is 1.02. The number of para-hydroxylation sites is 6. The van der Waals surface area contributed by atoms with Gasteiger partial charge in [-0.05, 0) is 109 Å². The number of fused-ring (bicyclic) bond motifs is 6. The number of aliphatic hydroxyl groups excluding tert-OH is 1. The lowest BCUT2D eigenvalue weighted by Gasteiger charge is -2.37. The van der Waals surface area contributed by atoms with E-state index in [1.807, 2.05) is 127 Å². The summed E-state index contributed by atoms with van der Waals surface area (Å²) in [5, 5.41) is 11.8. The van der Waals surface area contributed by atoms with Crippen molar-refractivity contribution in [2.45, 2.75) is 50.2 Å². The molecule has 0 unspecified atom stereocenters. The first kappa shape index (κ1) is 43.1. The van der Waals surface area contributed by atoms with E-state index in [0.717, 1.165) is 11.3 Å². The van der Waals surface area contributed by atoms with Gasteiger partial charge in [0.2, 0.25) is 0 Å². The number of aliphatic hydroxyl groups is 1. The second kappa shape index (κ2) is 16.7. The fraction of sp³-hybridized carbons (Fsp3) is 0.196. The fourth-order valence-corrected chi connectivity index (χ4v) is 15.1. The number of hydrogen-bond acceptors (Lipinski definition) is 8. The lowest BCUT2D eigenvalue weighted by Crippen LogP contribution is -2.51. The lowest BCUT2D eigenvalue weighted by molar-refractivity contribution is -0.146. The maximum atomic E-state index is 15.8. The first-order chi connectivity index (χ1) is 33.0. The number of benzene rings is 7. The SMILES string of the molecule is COc1ccc([Si](C)(C)[C@H]2[C@H](CCO)O[C@@]3(C(=O)N(Cc4ccc(N5C(=O)c6ccccc6Oc6ccccc65)cc4)c4ccc(N5C(=O)c6ccccc6Oc6ccccc65)cc43)[C@@H]2C)cc1. The van der Waals surface area contributed by atoms with Crippen molar-refractivity contribution in [2.75, 3.05) is 28.4 Å². The van der Waals surface area contributed by atoms with E-state index in [9.17, 15) is 14.7 Å². The number of carbonyl (C=O) groups excluding carboxylic acids is 3. The van der Waals surface area contributed by atoms with E-state index in [1.165, 1.54) is 5.19 Å². The monoisotopic (exact) mass is 919 g/mol. The summed E-state index contributed by atoms with van der Waals surface area (Å²) in [6.07, 6.45) is -0.116. The average molecular weight is 920 g/mol. The van der Waals surface area contributed by atoms with Gasteiger partial charge in [0.1, 0.15) is 17.2 Å². The average Bonchev–Trinajstić information content (AvgIpc) is 3.67. The van der Waals surface area contributed by atoms with E-state index in [0.29, 0.717) is 74.5 Å². The molecule has 7 aromatic carbocycles. The second-order valence-electron chi connectivity index (χ2n) is 18.3. The summed E-state index contributed by atoms with van der Waals surface area (Å²) < 4.78 is 25.4. The van der Waals surface area contributed by atoms with Crippen LogP contribution in [0.3, 0.4) is 0 Å². The van der Waals surface area contributed by atoms with E-state index >= 15 is 4.79 Å². The molecule has 340 valence electrons. The van der Waals surface area contributed by atoms with Crippen molar-refractivity contribution in [3.05, 3.63) is 186 Å². The Morgan fingerprint density at radius 1 is 0.632 bits per heavy atom. The van der Waals surface area contributed by atoms with Crippen molar-refractivity contribution in [1.29, 1.82) is 0 Å². The van der Waals surface area contributed by atoms with Crippen LogP contribution in [0.5, 0.6) is 28.7 Å². The maximum absolute atomic E-state index is 15.8. The molecule has 1 fully saturated rings. The largest absolute Gasteiger partial charge is 0.497 e. The highest BCUT2D eigenvalue weighted by Crippen LogP contribution is 2.61. The van der Waals surface area contributed by atoms with E-state index in [2.05, 4.69) is 32.2 Å². The van der Waals surface area contributed by atoms with Gasteiger partial charge in [0.05, 0.1) is 56.0 Å². The molecule has 3 amide bonds. The van der Waals surface area contributed by atoms with Gasteiger partial charge in [-0.1, -0.05) is 98.0 Å². The van der Waals surface area contributed by atoms with Gasteiger partial charge in [0.15, 0.2) is 17.1 Å². The molecule has 11 nitrogen and oxygen atoms in total. The van der Waals surface area contributed by atoms with Crippen LogP contribution in [-0.4, -0.2) is 50.7 Å². The van der Waals surface area contributed by atoms with Crippen LogP contribution in [0.2, 0.25) is 18.6 Å². The van der Waals surface area contributed by atoms with Gasteiger partial charge >= 0.3 is 0 Å². The summed E-state index contributed by atoms with van der Waals surface area (Å²) in [4.78, 5) is 49.9. The number of ether oxygens (including phenoxy) is 4. The van der Waals surface area contributed by atoms with Crippen molar-refractivity contribution in [1.82, 2.24) is 0 Å². The number of carbonyl (C=O) groups is 3. The number of nitrogens with zero attached hydrogens (tertiary/aromatic N) is 3. The highest BCUT2D eigenvalue weighted by molar-refractivity contribution is 6.91. The highest BCUT2D eigenvalue weighted by atomic mass is 28.3. The number of amides is 3. The number of rotatable bonds is 9. The quantitative estimate of drug-likeness (QED) is 0.142. The summed E-state index contributed by atoms with van der Waals surface area (Å²) in [7, 11) is -0.851. The Labute approximate surface area is 395 Å². The Morgan fingerprint density at radius 2 is 1.16 bits per heavy atom. The normalized spacial score (nSPS) is 20.4. The van der Waals surface area contributed by atoms with Gasteiger partial charge in [0, 0.05) is 29.5 Å². The zero-order valence-electron chi connectivity index (χ0n) is 38.1. The van der Waals surface area contributed by atoms with Crippen LogP contribution < -0.4 is 34.1 Å². The smallest absolute Gasteiger partial charge is 0.266 e. The van der Waals surface area contributed by atoms with E-state index in [1.54, 1.807) is 46.1 Å². The Kier molecular flexibility index (Phi) is 10.6. The van der Waals surface area contributed by atoms with Gasteiger partial charge in [-0.2, -0.15) is 0 Å². The summed E-state index contributed by atoms with van der Waals surface area (Å²) >= 11 is 0. The van der Waals surface area contributed by atoms with Crippen LogP contribution >= 0.6 is 0 Å². The Hall–Kier alpha value is -7.51. The van der Waals surface area contributed by atoms with Crippen molar-refractivity contribution < 1.29 is 38.4 Å². The van der Waals surface area contributed by atoms with Crippen LogP contribution in [0.25, 0.3) is 0 Å². The molecule has 11 rings (SSSR count). The minimum absolute atomic E-state index is 0.105. The van der Waals surface area contributed by atoms with Crippen LogP contribution in [-0.2, 0) is 21.7 Å². The maximum Gasteiger partial charge on any atom is 0.266 e. The summed E-state index contributed by atoms with van der Waals surface area (Å²) in [5.74, 6) is 1.71. The van der Waals surface area contributed by atoms with Gasteiger partial charge in [-0.25, -0.2) is 0 Å². The lowest BCUT2D eigenvalue weighted by atomic mass is 9.82. The molecule has 4 aliphatic heterocycles. The molecule has 1 spiro atoms. The van der Waals surface area contributed by atoms with Crippen LogP contribution in [0.4, 0.5) is 28.4 Å². The van der Waals surface area contributed by atoms with Crippen molar-refractivity contribution in [3.63, 3.8) is 0 Å². The molecular weight excluding hydrogens is 871 g/mol. The molecule has 68 heavy (non-hydrogen) atoms. The molecule has 1 N–H and O–H groups in total. The number of anilines is 5.